The number of phenolic OH excluding ortho intramolecular Hbond substituents is 1. The van der Waals surface area contributed by atoms with E-state index in [0.717, 1.165) is 0 Å². The minimum absolute atomic E-state index is 0.0965. The quantitative estimate of drug-likeness (QED) is 0.624. The molecule has 0 aliphatic carbocycles. The lowest BCUT2D eigenvalue weighted by Crippen LogP contribution is -2.42. The Hall–Kier alpha value is -3.42. The Morgan fingerprint density at radius 2 is 1.88 bits per heavy atom. The summed E-state index contributed by atoms with van der Waals surface area (Å²) >= 11 is 0. The van der Waals surface area contributed by atoms with E-state index in [1.807, 2.05) is 6.07 Å². The average molecular weight is 358 g/mol. The maximum atomic E-state index is 12.2. The number of hydrogen-bond donors (Lipinski definition) is 2. The molecule has 8 nitrogen and oxygen atoms in total. The van der Waals surface area contributed by atoms with Crippen molar-refractivity contribution >= 4 is 12.1 Å². The van der Waals surface area contributed by atoms with Crippen LogP contribution in [0.5, 0.6) is 28.7 Å². The number of aromatic hydroxyl groups is 1. The van der Waals surface area contributed by atoms with Crippen LogP contribution >= 0.6 is 0 Å². The van der Waals surface area contributed by atoms with E-state index in [1.165, 1.54) is 20.4 Å². The lowest BCUT2D eigenvalue weighted by atomic mass is 10.2. The summed E-state index contributed by atoms with van der Waals surface area (Å²) in [5.41, 5.74) is 2.97. The highest BCUT2D eigenvalue weighted by molar-refractivity contribution is 5.86. The molecule has 26 heavy (non-hydrogen) atoms. The first kappa shape index (κ1) is 17.4. The summed E-state index contributed by atoms with van der Waals surface area (Å²) in [4.78, 5) is 12.2. The van der Waals surface area contributed by atoms with Crippen molar-refractivity contribution in [3.63, 3.8) is 0 Å². The van der Waals surface area contributed by atoms with Gasteiger partial charge in [-0.15, -0.1) is 0 Å². The fourth-order valence-electron chi connectivity index (χ4n) is 2.38. The van der Waals surface area contributed by atoms with Gasteiger partial charge in [0.15, 0.2) is 23.0 Å². The van der Waals surface area contributed by atoms with E-state index in [1.54, 1.807) is 30.3 Å². The van der Waals surface area contributed by atoms with Crippen molar-refractivity contribution < 1.29 is 28.8 Å². The average Bonchev–Trinajstić information content (AvgIpc) is 2.68. The molecule has 136 valence electrons. The number of nitrogens with one attached hydrogen (secondary N) is 1. The molecule has 1 aliphatic heterocycles. The molecule has 2 N–H and O–H groups in total. The number of carbonyl (C=O) groups is 1. The van der Waals surface area contributed by atoms with Crippen molar-refractivity contribution in [2.45, 2.75) is 6.10 Å². The predicted molar refractivity (Wildman–Crippen MR) is 93.3 cm³/mol. The minimum atomic E-state index is -0.800. The van der Waals surface area contributed by atoms with E-state index in [4.69, 9.17) is 18.9 Å². The summed E-state index contributed by atoms with van der Waals surface area (Å²) < 4.78 is 21.2. The fourth-order valence-corrected chi connectivity index (χ4v) is 2.38. The number of carbonyl (C=O) groups excluding carboxylic acids is 1. The van der Waals surface area contributed by atoms with E-state index in [9.17, 15) is 9.90 Å². The van der Waals surface area contributed by atoms with Crippen molar-refractivity contribution in [1.82, 2.24) is 5.43 Å². The van der Waals surface area contributed by atoms with Crippen LogP contribution in [0.15, 0.2) is 41.5 Å². The Morgan fingerprint density at radius 1 is 1.23 bits per heavy atom. The van der Waals surface area contributed by atoms with Gasteiger partial charge < -0.3 is 24.1 Å². The number of rotatable bonds is 5. The zero-order valence-corrected chi connectivity index (χ0v) is 14.3. The molecule has 0 bridgehead atoms. The van der Waals surface area contributed by atoms with Gasteiger partial charge in [0.25, 0.3) is 5.91 Å². The summed E-state index contributed by atoms with van der Waals surface area (Å²) in [6.45, 7) is 0.0965. The molecule has 1 atom stereocenters. The monoisotopic (exact) mass is 358 g/mol. The summed E-state index contributed by atoms with van der Waals surface area (Å²) in [6.07, 6.45) is 0.603. The third-order valence-electron chi connectivity index (χ3n) is 3.69. The van der Waals surface area contributed by atoms with Gasteiger partial charge >= 0.3 is 0 Å². The molecule has 1 heterocycles. The first-order valence-electron chi connectivity index (χ1n) is 7.78. The van der Waals surface area contributed by atoms with Crippen LogP contribution in [0, 0.1) is 0 Å². The highest BCUT2D eigenvalue weighted by atomic mass is 16.6. The van der Waals surface area contributed by atoms with Crippen LogP contribution in [0.25, 0.3) is 0 Å². The lowest BCUT2D eigenvalue weighted by molar-refractivity contribution is -0.130. The van der Waals surface area contributed by atoms with Crippen LogP contribution in [0.3, 0.4) is 0 Å². The largest absolute Gasteiger partial charge is 0.502 e. The summed E-state index contributed by atoms with van der Waals surface area (Å²) in [5, 5.41) is 13.8. The molecule has 0 saturated heterocycles. The number of hydrogen-bond acceptors (Lipinski definition) is 7. The molecule has 0 aromatic heterocycles. The third kappa shape index (κ3) is 3.64. The van der Waals surface area contributed by atoms with Gasteiger partial charge in [0.1, 0.15) is 6.61 Å². The number of nitrogens with zero attached hydrogens (tertiary/aromatic N) is 1. The van der Waals surface area contributed by atoms with Crippen LogP contribution in [-0.4, -0.2) is 44.2 Å². The molecular formula is C18H18N2O6. The maximum absolute atomic E-state index is 12.2. The zero-order valence-electron chi connectivity index (χ0n) is 14.3. The Labute approximate surface area is 149 Å². The molecule has 1 aliphatic rings. The summed E-state index contributed by atoms with van der Waals surface area (Å²) in [5.74, 6) is 1.03. The van der Waals surface area contributed by atoms with Crippen molar-refractivity contribution in [1.29, 1.82) is 0 Å². The Balaban J connectivity index is 1.65. The van der Waals surface area contributed by atoms with Crippen LogP contribution in [0.1, 0.15) is 5.56 Å². The minimum Gasteiger partial charge on any atom is -0.502 e. The van der Waals surface area contributed by atoms with Crippen LogP contribution in [0.4, 0.5) is 0 Å². The van der Waals surface area contributed by atoms with Crippen molar-refractivity contribution in [3.05, 3.63) is 42.0 Å². The molecule has 0 radical (unpaired) electrons. The Morgan fingerprint density at radius 3 is 2.54 bits per heavy atom. The molecule has 1 unspecified atom stereocenters. The maximum Gasteiger partial charge on any atom is 0.284 e. The smallest absolute Gasteiger partial charge is 0.284 e. The van der Waals surface area contributed by atoms with Crippen LogP contribution < -0.4 is 24.4 Å². The topological polar surface area (TPSA) is 98.6 Å². The molecule has 3 rings (SSSR count). The second-order valence-electron chi connectivity index (χ2n) is 5.37. The van der Waals surface area contributed by atoms with Crippen molar-refractivity contribution in [2.75, 3.05) is 20.8 Å². The normalized spacial score (nSPS) is 15.5. The SMILES string of the molecule is COc1cc(/C=N/NC(=O)C2COc3ccccc3O2)cc(OC)c1O. The van der Waals surface area contributed by atoms with E-state index in [0.29, 0.717) is 17.1 Å². The first-order valence-corrected chi connectivity index (χ1v) is 7.78. The van der Waals surface area contributed by atoms with Gasteiger partial charge in [0.05, 0.1) is 20.4 Å². The number of phenols is 1. The number of hydrazone groups is 1. The number of amides is 1. The number of methoxy groups -OCH3 is 2. The van der Waals surface area contributed by atoms with E-state index in [-0.39, 0.29) is 23.9 Å². The Kier molecular flexibility index (Phi) is 5.12. The van der Waals surface area contributed by atoms with Crippen LogP contribution in [-0.2, 0) is 4.79 Å². The van der Waals surface area contributed by atoms with Gasteiger partial charge in [0.2, 0.25) is 11.9 Å². The van der Waals surface area contributed by atoms with Gasteiger partial charge in [-0.25, -0.2) is 5.43 Å². The van der Waals surface area contributed by atoms with E-state index in [2.05, 4.69) is 10.5 Å². The molecule has 0 spiro atoms. The third-order valence-corrected chi connectivity index (χ3v) is 3.69. The van der Waals surface area contributed by atoms with Crippen molar-refractivity contribution in [2.24, 2.45) is 5.10 Å². The number of benzene rings is 2. The number of ether oxygens (including phenoxy) is 4. The van der Waals surface area contributed by atoms with E-state index >= 15 is 0 Å². The highest BCUT2D eigenvalue weighted by Gasteiger charge is 2.27. The standard InChI is InChI=1S/C18H18N2O6/c1-23-14-7-11(8-15(24-2)17(14)21)9-19-20-18(22)16-10-25-12-5-3-4-6-13(12)26-16/h3-9,16,21H,10H2,1-2H3,(H,20,22)/b19-9+. The molecule has 2 aromatic rings. The van der Waals surface area contributed by atoms with Crippen molar-refractivity contribution in [3.8, 4) is 28.7 Å². The Bertz CT molecular complexity index is 811. The first-order chi connectivity index (χ1) is 12.6. The molecular weight excluding hydrogens is 340 g/mol. The van der Waals surface area contributed by atoms with Crippen LogP contribution in [0.2, 0.25) is 0 Å². The second-order valence-corrected chi connectivity index (χ2v) is 5.37. The summed E-state index contributed by atoms with van der Waals surface area (Å²) in [7, 11) is 2.85. The molecule has 1 amide bonds. The molecule has 8 heteroatoms. The molecule has 0 saturated carbocycles. The predicted octanol–water partition coefficient (Wildman–Crippen LogP) is 1.70. The second kappa shape index (κ2) is 7.64. The number of para-hydroxylation sites is 2. The lowest BCUT2D eigenvalue weighted by Gasteiger charge is -2.24. The van der Waals surface area contributed by atoms with Gasteiger partial charge in [-0.1, -0.05) is 12.1 Å². The van der Waals surface area contributed by atoms with Gasteiger partial charge in [0, 0.05) is 5.56 Å². The van der Waals surface area contributed by atoms with Gasteiger partial charge in [-0.3, -0.25) is 4.79 Å². The number of fused-ring (bicyclic) bond motifs is 1. The highest BCUT2D eigenvalue weighted by Crippen LogP contribution is 2.36. The van der Waals surface area contributed by atoms with E-state index < -0.39 is 12.0 Å². The fraction of sp³-hybridized carbons (Fsp3) is 0.222. The molecule has 0 fully saturated rings. The molecule has 2 aromatic carbocycles. The van der Waals surface area contributed by atoms with Gasteiger partial charge in [-0.05, 0) is 24.3 Å². The summed E-state index contributed by atoms with van der Waals surface area (Å²) in [6, 6.07) is 10.2. The van der Waals surface area contributed by atoms with Gasteiger partial charge in [-0.2, -0.15) is 5.10 Å². The zero-order chi connectivity index (χ0) is 18.5.